The first-order valence-electron chi connectivity index (χ1n) is 6.46. The van der Waals surface area contributed by atoms with Crippen LogP contribution in [0.15, 0.2) is 59.7 Å². The van der Waals surface area contributed by atoms with Gasteiger partial charge in [-0.1, -0.05) is 42.0 Å². The van der Waals surface area contributed by atoms with Gasteiger partial charge in [-0.25, -0.2) is 0 Å². The predicted molar refractivity (Wildman–Crippen MR) is 83.6 cm³/mol. The predicted octanol–water partition coefficient (Wildman–Crippen LogP) is 3.27. The van der Waals surface area contributed by atoms with Gasteiger partial charge in [0.05, 0.1) is 6.54 Å². The van der Waals surface area contributed by atoms with E-state index < -0.39 is 0 Å². The quantitative estimate of drug-likeness (QED) is 0.834. The minimum absolute atomic E-state index is 0.264. The lowest BCUT2D eigenvalue weighted by Gasteiger charge is -2.02. The van der Waals surface area contributed by atoms with E-state index in [1.165, 1.54) is 5.56 Å². The number of phenolic OH excluding ortho intramolecular Hbond substituents is 1. The van der Waals surface area contributed by atoms with E-state index in [0.717, 1.165) is 16.7 Å². The van der Waals surface area contributed by atoms with Gasteiger partial charge in [-0.3, -0.25) is 4.99 Å². The van der Waals surface area contributed by atoms with Gasteiger partial charge in [0, 0.05) is 18.0 Å². The number of aromatic hydroxyl groups is 1. The maximum Gasteiger partial charge on any atom is 0.115 e. The minimum atomic E-state index is 0.264. The monoisotopic (exact) mass is 266 g/mol. The Balaban J connectivity index is 2.05. The Labute approximate surface area is 119 Å². The van der Waals surface area contributed by atoms with Crippen LogP contribution in [0.1, 0.15) is 16.7 Å². The van der Waals surface area contributed by atoms with E-state index in [1.54, 1.807) is 24.5 Å². The number of phenols is 1. The molecule has 0 amide bonds. The number of aryl methyl sites for hydroxylation is 1. The molecule has 0 aliphatic heterocycles. The highest BCUT2D eigenvalue weighted by Crippen LogP contribution is 2.14. The van der Waals surface area contributed by atoms with Crippen molar-refractivity contribution in [2.45, 2.75) is 13.5 Å². The molecule has 0 aliphatic carbocycles. The van der Waals surface area contributed by atoms with E-state index in [9.17, 15) is 5.11 Å². The van der Waals surface area contributed by atoms with Crippen molar-refractivity contribution in [3.63, 3.8) is 0 Å². The SMILES string of the molecule is Cc1ccc(/C(C=NCc2ccc(O)cc2)=C/N)cc1. The fourth-order valence-electron chi connectivity index (χ4n) is 1.81. The lowest BCUT2D eigenvalue weighted by atomic mass is 10.1. The van der Waals surface area contributed by atoms with Crippen molar-refractivity contribution >= 4 is 11.8 Å². The van der Waals surface area contributed by atoms with Crippen LogP contribution in [0.4, 0.5) is 0 Å². The molecule has 0 aliphatic rings. The summed E-state index contributed by atoms with van der Waals surface area (Å²) in [5, 5.41) is 9.22. The molecular weight excluding hydrogens is 248 g/mol. The van der Waals surface area contributed by atoms with Crippen molar-refractivity contribution in [3.05, 3.63) is 71.4 Å². The van der Waals surface area contributed by atoms with Crippen molar-refractivity contribution in [3.8, 4) is 5.75 Å². The first-order chi connectivity index (χ1) is 9.69. The van der Waals surface area contributed by atoms with E-state index in [-0.39, 0.29) is 5.75 Å². The number of hydrogen-bond donors (Lipinski definition) is 2. The van der Waals surface area contributed by atoms with Gasteiger partial charge in [-0.15, -0.1) is 0 Å². The summed E-state index contributed by atoms with van der Waals surface area (Å²) in [6.07, 6.45) is 3.34. The third-order valence-corrected chi connectivity index (χ3v) is 3.01. The molecule has 0 aromatic heterocycles. The number of nitrogens with two attached hydrogens (primary N) is 1. The van der Waals surface area contributed by atoms with E-state index in [0.29, 0.717) is 6.54 Å². The zero-order valence-electron chi connectivity index (χ0n) is 11.5. The van der Waals surface area contributed by atoms with E-state index >= 15 is 0 Å². The van der Waals surface area contributed by atoms with Gasteiger partial charge in [0.15, 0.2) is 0 Å². The van der Waals surface area contributed by atoms with Crippen LogP contribution in [0.5, 0.6) is 5.75 Å². The van der Waals surface area contributed by atoms with Gasteiger partial charge < -0.3 is 10.8 Å². The smallest absolute Gasteiger partial charge is 0.115 e. The average Bonchev–Trinajstić information content (AvgIpc) is 2.47. The fraction of sp³-hybridized carbons (Fsp3) is 0.118. The number of allylic oxidation sites excluding steroid dienone is 1. The molecule has 0 fully saturated rings. The third kappa shape index (κ3) is 3.72. The number of aliphatic imine (C=N–C) groups is 1. The summed E-state index contributed by atoms with van der Waals surface area (Å²) < 4.78 is 0. The molecule has 102 valence electrons. The summed E-state index contributed by atoms with van der Waals surface area (Å²) in [4.78, 5) is 4.39. The largest absolute Gasteiger partial charge is 0.508 e. The molecule has 2 aromatic carbocycles. The lowest BCUT2D eigenvalue weighted by Crippen LogP contribution is -1.92. The second-order valence-electron chi connectivity index (χ2n) is 4.62. The summed E-state index contributed by atoms with van der Waals surface area (Å²) in [6, 6.07) is 15.2. The number of benzene rings is 2. The number of rotatable bonds is 4. The van der Waals surface area contributed by atoms with Gasteiger partial charge in [-0.2, -0.15) is 0 Å². The minimum Gasteiger partial charge on any atom is -0.508 e. The Morgan fingerprint density at radius 1 is 1.10 bits per heavy atom. The average molecular weight is 266 g/mol. The summed E-state index contributed by atoms with van der Waals surface area (Å²) in [5.41, 5.74) is 9.85. The van der Waals surface area contributed by atoms with Crippen LogP contribution < -0.4 is 5.73 Å². The van der Waals surface area contributed by atoms with Crippen LogP contribution >= 0.6 is 0 Å². The van der Waals surface area contributed by atoms with E-state index in [2.05, 4.69) is 11.9 Å². The zero-order valence-corrected chi connectivity index (χ0v) is 11.5. The van der Waals surface area contributed by atoms with Crippen molar-refractivity contribution in [2.24, 2.45) is 10.7 Å². The van der Waals surface area contributed by atoms with E-state index in [4.69, 9.17) is 5.73 Å². The van der Waals surface area contributed by atoms with Gasteiger partial charge in [0.25, 0.3) is 0 Å². The van der Waals surface area contributed by atoms with Crippen LogP contribution in [-0.4, -0.2) is 11.3 Å². The standard InChI is InChI=1S/C17H18N2O/c1-13-2-6-15(7-3-13)16(10-18)12-19-11-14-4-8-17(20)9-5-14/h2-10,12,20H,11,18H2,1H3/b16-10+,19-12?. The molecule has 3 N–H and O–H groups in total. The summed E-state index contributed by atoms with van der Waals surface area (Å²) in [7, 11) is 0. The fourth-order valence-corrected chi connectivity index (χ4v) is 1.81. The van der Waals surface area contributed by atoms with Crippen molar-refractivity contribution in [1.29, 1.82) is 0 Å². The molecule has 3 nitrogen and oxygen atoms in total. The van der Waals surface area contributed by atoms with Crippen molar-refractivity contribution in [2.75, 3.05) is 0 Å². The van der Waals surface area contributed by atoms with Crippen LogP contribution in [0.2, 0.25) is 0 Å². The second kappa shape index (κ2) is 6.57. The Hall–Kier alpha value is -2.55. The topological polar surface area (TPSA) is 58.6 Å². The van der Waals surface area contributed by atoms with Crippen LogP contribution in [-0.2, 0) is 6.54 Å². The molecule has 2 aromatic rings. The molecular formula is C17H18N2O. The second-order valence-corrected chi connectivity index (χ2v) is 4.62. The zero-order chi connectivity index (χ0) is 14.4. The molecule has 0 heterocycles. The molecule has 2 rings (SSSR count). The highest BCUT2D eigenvalue weighted by Gasteiger charge is 1.97. The van der Waals surface area contributed by atoms with Crippen molar-refractivity contribution < 1.29 is 5.11 Å². The molecule has 3 heteroatoms. The Morgan fingerprint density at radius 3 is 2.35 bits per heavy atom. The summed E-state index contributed by atoms with van der Waals surface area (Å²) in [6.45, 7) is 2.61. The molecule has 0 saturated heterocycles. The highest BCUT2D eigenvalue weighted by atomic mass is 16.3. The maximum atomic E-state index is 9.22. The Kier molecular flexibility index (Phi) is 4.56. The lowest BCUT2D eigenvalue weighted by molar-refractivity contribution is 0.475. The molecule has 0 radical (unpaired) electrons. The molecule has 0 spiro atoms. The summed E-state index contributed by atoms with van der Waals surface area (Å²) in [5.74, 6) is 0.264. The first-order valence-corrected chi connectivity index (χ1v) is 6.46. The van der Waals surface area contributed by atoms with Crippen molar-refractivity contribution in [1.82, 2.24) is 0 Å². The van der Waals surface area contributed by atoms with Crippen LogP contribution in [0.3, 0.4) is 0 Å². The molecule has 0 unspecified atom stereocenters. The number of hydrogen-bond acceptors (Lipinski definition) is 3. The molecule has 0 atom stereocenters. The molecule has 0 saturated carbocycles. The normalized spacial score (nSPS) is 11.9. The third-order valence-electron chi connectivity index (χ3n) is 3.01. The van der Waals surface area contributed by atoms with Gasteiger partial charge in [-0.05, 0) is 30.2 Å². The Bertz CT molecular complexity index is 610. The first kappa shape index (κ1) is 13.9. The van der Waals surface area contributed by atoms with E-state index in [1.807, 2.05) is 36.4 Å². The number of nitrogens with zero attached hydrogens (tertiary/aromatic N) is 1. The van der Waals surface area contributed by atoms with Gasteiger partial charge >= 0.3 is 0 Å². The van der Waals surface area contributed by atoms with Crippen LogP contribution in [0, 0.1) is 6.92 Å². The van der Waals surface area contributed by atoms with Gasteiger partial charge in [0.2, 0.25) is 0 Å². The van der Waals surface area contributed by atoms with Gasteiger partial charge in [0.1, 0.15) is 5.75 Å². The Morgan fingerprint density at radius 2 is 1.75 bits per heavy atom. The van der Waals surface area contributed by atoms with Crippen LogP contribution in [0.25, 0.3) is 5.57 Å². The molecule has 0 bridgehead atoms. The molecule has 20 heavy (non-hydrogen) atoms. The maximum absolute atomic E-state index is 9.22. The highest BCUT2D eigenvalue weighted by molar-refractivity contribution is 6.09. The summed E-state index contributed by atoms with van der Waals surface area (Å²) >= 11 is 0.